The zero-order chi connectivity index (χ0) is 14.1. The fourth-order valence-corrected chi connectivity index (χ4v) is 3.57. The van der Waals surface area contributed by atoms with Gasteiger partial charge in [0, 0.05) is 14.7 Å². The van der Waals surface area contributed by atoms with E-state index in [0.29, 0.717) is 10.8 Å². The van der Waals surface area contributed by atoms with Crippen LogP contribution >= 0.6 is 39.5 Å². The molecule has 1 amide bonds. The summed E-state index contributed by atoms with van der Waals surface area (Å²) in [7, 11) is 0. The van der Waals surface area contributed by atoms with Gasteiger partial charge in [0.25, 0.3) is 5.91 Å². The van der Waals surface area contributed by atoms with Crippen molar-refractivity contribution in [2.24, 2.45) is 0 Å². The number of rotatable bonds is 2. The Labute approximate surface area is 134 Å². The first kappa shape index (κ1) is 13.5. The molecule has 1 N–H and O–H groups in total. The minimum Gasteiger partial charge on any atom is -0.327 e. The smallest absolute Gasteiger partial charge is 0.281 e. The Hall–Kier alpha value is -1.50. The Balaban J connectivity index is 1.93. The van der Waals surface area contributed by atoms with Crippen molar-refractivity contribution in [3.05, 3.63) is 56.8 Å². The van der Waals surface area contributed by atoms with Crippen LogP contribution in [-0.2, 0) is 4.79 Å². The summed E-state index contributed by atoms with van der Waals surface area (Å²) in [5, 5.41) is 5.35. The number of amides is 1. The maximum atomic E-state index is 12.4. The number of halogens is 1. The number of nitrogens with zero attached hydrogens (tertiary/aromatic N) is 1. The van der Waals surface area contributed by atoms with Crippen LogP contribution in [-0.4, -0.2) is 11.0 Å². The predicted octanol–water partition coefficient (Wildman–Crippen LogP) is 3.77. The molecule has 0 saturated carbocycles. The van der Waals surface area contributed by atoms with E-state index in [9.17, 15) is 4.79 Å². The molecule has 2 aromatic rings. The molecule has 0 atom stereocenters. The molecule has 1 saturated heterocycles. The highest BCUT2D eigenvalue weighted by molar-refractivity contribution is 9.10. The van der Waals surface area contributed by atoms with Crippen LogP contribution in [0.3, 0.4) is 0 Å². The normalized spacial score (nSPS) is 16.9. The summed E-state index contributed by atoms with van der Waals surface area (Å²) in [5.41, 5.74) is 1.26. The van der Waals surface area contributed by atoms with E-state index >= 15 is 0 Å². The second kappa shape index (κ2) is 5.47. The molecule has 0 radical (unpaired) electrons. The summed E-state index contributed by atoms with van der Waals surface area (Å²) < 4.78 is 1.00. The van der Waals surface area contributed by atoms with E-state index in [2.05, 4.69) is 21.2 Å². The van der Waals surface area contributed by atoms with Gasteiger partial charge < -0.3 is 5.32 Å². The zero-order valence-electron chi connectivity index (χ0n) is 10.2. The number of nitrogens with one attached hydrogen (secondary N) is 1. The summed E-state index contributed by atoms with van der Waals surface area (Å²) in [6, 6.07) is 11.3. The van der Waals surface area contributed by atoms with E-state index < -0.39 is 0 Å². The molecule has 0 aliphatic carbocycles. The first-order valence-corrected chi connectivity index (χ1v) is 7.89. The van der Waals surface area contributed by atoms with Gasteiger partial charge in [-0.3, -0.25) is 9.69 Å². The van der Waals surface area contributed by atoms with Crippen molar-refractivity contribution in [1.82, 2.24) is 5.32 Å². The van der Waals surface area contributed by atoms with Crippen LogP contribution in [0.4, 0.5) is 5.69 Å². The third-order valence-corrected chi connectivity index (χ3v) is 4.69. The lowest BCUT2D eigenvalue weighted by Crippen LogP contribution is -2.30. The van der Waals surface area contributed by atoms with E-state index in [1.54, 1.807) is 11.3 Å². The summed E-state index contributed by atoms with van der Waals surface area (Å²) in [6.45, 7) is 0. The van der Waals surface area contributed by atoms with E-state index in [1.807, 2.05) is 47.9 Å². The van der Waals surface area contributed by atoms with Gasteiger partial charge in [0.1, 0.15) is 5.70 Å². The van der Waals surface area contributed by atoms with E-state index in [0.717, 1.165) is 15.0 Å². The molecule has 1 aliphatic rings. The molecule has 100 valence electrons. The minimum atomic E-state index is -0.134. The molecular formula is C14H9BrN2OS2. The van der Waals surface area contributed by atoms with Gasteiger partial charge in [-0.1, -0.05) is 18.2 Å². The Morgan fingerprint density at radius 3 is 2.70 bits per heavy atom. The van der Waals surface area contributed by atoms with E-state index in [4.69, 9.17) is 12.2 Å². The van der Waals surface area contributed by atoms with Gasteiger partial charge >= 0.3 is 0 Å². The van der Waals surface area contributed by atoms with Crippen molar-refractivity contribution in [2.75, 3.05) is 4.90 Å². The fraction of sp³-hybridized carbons (Fsp3) is 0. The van der Waals surface area contributed by atoms with Crippen LogP contribution in [0.1, 0.15) is 4.88 Å². The van der Waals surface area contributed by atoms with Gasteiger partial charge in [0.15, 0.2) is 5.11 Å². The Bertz CT molecular complexity index is 709. The van der Waals surface area contributed by atoms with Gasteiger partial charge in [-0.05, 0) is 52.4 Å². The average Bonchev–Trinajstić information content (AvgIpc) is 2.96. The highest BCUT2D eigenvalue weighted by atomic mass is 79.9. The average molecular weight is 365 g/mol. The summed E-state index contributed by atoms with van der Waals surface area (Å²) in [5.74, 6) is -0.134. The maximum Gasteiger partial charge on any atom is 0.281 e. The molecule has 0 unspecified atom stereocenters. The van der Waals surface area contributed by atoms with Gasteiger partial charge in [-0.15, -0.1) is 11.3 Å². The quantitative estimate of drug-likeness (QED) is 0.650. The first-order valence-electron chi connectivity index (χ1n) is 5.81. The number of thiophene rings is 1. The lowest BCUT2D eigenvalue weighted by molar-refractivity contribution is -0.113. The molecular weight excluding hydrogens is 356 g/mol. The standard InChI is InChI=1S/C14H9BrN2OS2/c15-9-6-11(20-8-9)7-12-13(18)17(14(19)16-12)10-4-2-1-3-5-10/h1-8H,(H,16,19)/b12-7+. The monoisotopic (exact) mass is 364 g/mol. The molecule has 6 heteroatoms. The third kappa shape index (κ3) is 2.54. The number of benzene rings is 1. The molecule has 1 aliphatic heterocycles. The predicted molar refractivity (Wildman–Crippen MR) is 89.7 cm³/mol. The Morgan fingerprint density at radius 2 is 2.05 bits per heavy atom. The van der Waals surface area contributed by atoms with Gasteiger partial charge in [0.2, 0.25) is 0 Å². The maximum absolute atomic E-state index is 12.4. The topological polar surface area (TPSA) is 32.3 Å². The van der Waals surface area contributed by atoms with Crippen molar-refractivity contribution >= 4 is 62.3 Å². The number of para-hydroxylation sites is 1. The van der Waals surface area contributed by atoms with Crippen LogP contribution in [0.5, 0.6) is 0 Å². The van der Waals surface area contributed by atoms with Crippen molar-refractivity contribution < 1.29 is 4.79 Å². The zero-order valence-corrected chi connectivity index (χ0v) is 13.4. The van der Waals surface area contributed by atoms with Crippen molar-refractivity contribution in [3.8, 4) is 0 Å². The highest BCUT2D eigenvalue weighted by Crippen LogP contribution is 2.25. The van der Waals surface area contributed by atoms with Gasteiger partial charge in [-0.25, -0.2) is 0 Å². The number of carbonyl (C=O) groups is 1. The fourth-order valence-electron chi connectivity index (χ4n) is 1.89. The van der Waals surface area contributed by atoms with Gasteiger partial charge in [0.05, 0.1) is 5.69 Å². The molecule has 3 rings (SSSR count). The number of hydrogen-bond acceptors (Lipinski definition) is 3. The molecule has 3 nitrogen and oxygen atoms in total. The third-order valence-electron chi connectivity index (χ3n) is 2.77. The Morgan fingerprint density at radius 1 is 1.30 bits per heavy atom. The van der Waals surface area contributed by atoms with E-state index in [-0.39, 0.29) is 5.91 Å². The SMILES string of the molecule is O=C1/C(=C\c2cc(Br)cs2)NC(=S)N1c1ccccc1. The number of anilines is 1. The summed E-state index contributed by atoms with van der Waals surface area (Å²) in [4.78, 5) is 14.9. The second-order valence-electron chi connectivity index (χ2n) is 4.13. The molecule has 1 fully saturated rings. The second-order valence-corrected chi connectivity index (χ2v) is 6.38. The van der Waals surface area contributed by atoms with Crippen LogP contribution in [0, 0.1) is 0 Å². The van der Waals surface area contributed by atoms with Crippen LogP contribution in [0.2, 0.25) is 0 Å². The summed E-state index contributed by atoms with van der Waals surface area (Å²) >= 11 is 10.2. The van der Waals surface area contributed by atoms with E-state index in [1.165, 1.54) is 4.90 Å². The van der Waals surface area contributed by atoms with Crippen molar-refractivity contribution in [3.63, 3.8) is 0 Å². The molecule has 2 heterocycles. The minimum absolute atomic E-state index is 0.134. The lowest BCUT2D eigenvalue weighted by Gasteiger charge is -2.13. The molecule has 1 aromatic heterocycles. The summed E-state index contributed by atoms with van der Waals surface area (Å²) in [6.07, 6.45) is 1.81. The highest BCUT2D eigenvalue weighted by Gasteiger charge is 2.31. The lowest BCUT2D eigenvalue weighted by atomic mass is 10.3. The molecule has 1 aromatic carbocycles. The van der Waals surface area contributed by atoms with Crippen LogP contribution in [0.25, 0.3) is 6.08 Å². The first-order chi connectivity index (χ1) is 9.65. The van der Waals surface area contributed by atoms with Gasteiger partial charge in [-0.2, -0.15) is 0 Å². The van der Waals surface area contributed by atoms with Crippen molar-refractivity contribution in [1.29, 1.82) is 0 Å². The molecule has 0 spiro atoms. The largest absolute Gasteiger partial charge is 0.327 e. The van der Waals surface area contributed by atoms with Crippen molar-refractivity contribution in [2.45, 2.75) is 0 Å². The van der Waals surface area contributed by atoms with Crippen LogP contribution < -0.4 is 10.2 Å². The molecule has 0 bridgehead atoms. The number of carbonyl (C=O) groups excluding carboxylic acids is 1. The molecule has 20 heavy (non-hydrogen) atoms. The Kier molecular flexibility index (Phi) is 3.69. The van der Waals surface area contributed by atoms with Crippen LogP contribution in [0.15, 0.2) is 51.9 Å². The number of hydrogen-bond donors (Lipinski definition) is 1. The number of thiocarbonyl (C=S) groups is 1.